The lowest BCUT2D eigenvalue weighted by atomic mass is 10.1. The molecule has 2 rings (SSSR count). The maximum Gasteiger partial charge on any atom is 0.191 e. The molecule has 0 saturated carbocycles. The number of nitrogens with one attached hydrogen (secondary N) is 2. The van der Waals surface area contributed by atoms with Gasteiger partial charge in [-0.25, -0.2) is 4.99 Å². The number of ether oxygens (including phenoxy) is 2. The molecule has 136 valence electrons. The van der Waals surface area contributed by atoms with Crippen LogP contribution in [0.2, 0.25) is 0 Å². The van der Waals surface area contributed by atoms with Crippen molar-refractivity contribution in [2.75, 3.05) is 27.3 Å². The van der Waals surface area contributed by atoms with Gasteiger partial charge in [-0.3, -0.25) is 0 Å². The Kier molecular flexibility index (Phi) is 8.08. The molecule has 5 nitrogen and oxygen atoms in total. The molecule has 2 aromatic rings. The molecule has 0 atom stereocenters. The fourth-order valence-corrected chi connectivity index (χ4v) is 3.67. The molecule has 0 aliphatic rings. The number of nitrogens with zero attached hydrogens (tertiary/aromatic N) is 1. The van der Waals surface area contributed by atoms with E-state index in [1.807, 2.05) is 12.1 Å². The Morgan fingerprint density at radius 2 is 1.96 bits per heavy atom. The van der Waals surface area contributed by atoms with Crippen LogP contribution in [0.25, 0.3) is 0 Å². The number of rotatable bonds is 8. The fourth-order valence-electron chi connectivity index (χ4n) is 2.30. The van der Waals surface area contributed by atoms with E-state index in [4.69, 9.17) is 9.47 Å². The maximum absolute atomic E-state index is 5.35. The molecule has 0 radical (unpaired) electrons. The van der Waals surface area contributed by atoms with Crippen LogP contribution in [0.4, 0.5) is 0 Å². The van der Waals surface area contributed by atoms with E-state index in [9.17, 15) is 0 Å². The highest BCUT2D eigenvalue weighted by atomic mass is 79.9. The highest BCUT2D eigenvalue weighted by Crippen LogP contribution is 2.27. The van der Waals surface area contributed by atoms with Gasteiger partial charge in [-0.2, -0.15) is 0 Å². The van der Waals surface area contributed by atoms with Crippen LogP contribution in [0.15, 0.2) is 39.1 Å². The SMILES string of the molecule is CCNC(=NCc1cc(Br)cs1)NCCc1ccc(OC)c(OC)c1. The lowest BCUT2D eigenvalue weighted by Crippen LogP contribution is -2.38. The molecule has 1 aromatic carbocycles. The molecule has 0 unspecified atom stereocenters. The number of halogens is 1. The number of benzene rings is 1. The molecule has 0 saturated heterocycles. The third kappa shape index (κ3) is 6.25. The molecule has 7 heteroatoms. The molecule has 0 bridgehead atoms. The average molecular weight is 426 g/mol. The van der Waals surface area contributed by atoms with Crippen molar-refractivity contribution in [3.05, 3.63) is 44.6 Å². The van der Waals surface area contributed by atoms with E-state index in [-0.39, 0.29) is 0 Å². The Balaban J connectivity index is 1.90. The molecule has 0 fully saturated rings. The summed E-state index contributed by atoms with van der Waals surface area (Å²) in [6, 6.07) is 8.09. The van der Waals surface area contributed by atoms with Gasteiger partial charge in [0.05, 0.1) is 20.8 Å². The summed E-state index contributed by atoms with van der Waals surface area (Å²) in [7, 11) is 3.29. The Labute approximate surface area is 161 Å². The van der Waals surface area contributed by atoms with Crippen molar-refractivity contribution in [2.24, 2.45) is 4.99 Å². The van der Waals surface area contributed by atoms with Crippen molar-refractivity contribution < 1.29 is 9.47 Å². The van der Waals surface area contributed by atoms with Gasteiger partial charge in [0.2, 0.25) is 0 Å². The van der Waals surface area contributed by atoms with E-state index in [0.29, 0.717) is 6.54 Å². The molecule has 25 heavy (non-hydrogen) atoms. The Morgan fingerprint density at radius 1 is 1.16 bits per heavy atom. The number of thiophene rings is 1. The van der Waals surface area contributed by atoms with Crippen LogP contribution in [0, 0.1) is 0 Å². The number of hydrogen-bond acceptors (Lipinski definition) is 4. The highest BCUT2D eigenvalue weighted by molar-refractivity contribution is 9.10. The maximum atomic E-state index is 5.35. The van der Waals surface area contributed by atoms with Gasteiger partial charge in [-0.15, -0.1) is 11.3 Å². The quantitative estimate of drug-likeness (QED) is 0.498. The summed E-state index contributed by atoms with van der Waals surface area (Å²) in [4.78, 5) is 5.85. The first kappa shape index (κ1) is 19.6. The largest absolute Gasteiger partial charge is 0.493 e. The second kappa shape index (κ2) is 10.3. The number of guanidine groups is 1. The Hall–Kier alpha value is -1.73. The minimum atomic E-state index is 0.669. The highest BCUT2D eigenvalue weighted by Gasteiger charge is 2.05. The van der Waals surface area contributed by atoms with Crippen molar-refractivity contribution in [1.29, 1.82) is 0 Å². The molecule has 0 spiro atoms. The summed E-state index contributed by atoms with van der Waals surface area (Å²) in [5.74, 6) is 2.33. The first-order chi connectivity index (χ1) is 12.2. The lowest BCUT2D eigenvalue weighted by Gasteiger charge is -2.12. The summed E-state index contributed by atoms with van der Waals surface area (Å²) in [6.45, 7) is 4.35. The van der Waals surface area contributed by atoms with E-state index in [2.05, 4.69) is 56.0 Å². The van der Waals surface area contributed by atoms with E-state index in [0.717, 1.165) is 41.4 Å². The smallest absolute Gasteiger partial charge is 0.191 e. The van der Waals surface area contributed by atoms with Crippen LogP contribution in [0.3, 0.4) is 0 Å². The average Bonchev–Trinajstić information content (AvgIpc) is 3.04. The molecular formula is C18H24BrN3O2S. The normalized spacial score (nSPS) is 11.3. The van der Waals surface area contributed by atoms with E-state index >= 15 is 0 Å². The van der Waals surface area contributed by atoms with Crippen molar-refractivity contribution >= 4 is 33.2 Å². The Morgan fingerprint density at radius 3 is 2.60 bits per heavy atom. The molecule has 0 aliphatic heterocycles. The third-order valence-electron chi connectivity index (χ3n) is 3.51. The minimum absolute atomic E-state index is 0.669. The molecule has 0 aliphatic carbocycles. The molecule has 0 amide bonds. The van der Waals surface area contributed by atoms with Gasteiger partial charge in [0.25, 0.3) is 0 Å². The van der Waals surface area contributed by atoms with E-state index < -0.39 is 0 Å². The van der Waals surface area contributed by atoms with Crippen molar-refractivity contribution in [2.45, 2.75) is 19.9 Å². The number of aliphatic imine (C=N–C) groups is 1. The van der Waals surface area contributed by atoms with E-state index in [1.54, 1.807) is 25.6 Å². The topological polar surface area (TPSA) is 54.9 Å². The molecule has 2 N–H and O–H groups in total. The van der Waals surface area contributed by atoms with Gasteiger partial charge < -0.3 is 20.1 Å². The zero-order valence-electron chi connectivity index (χ0n) is 14.8. The van der Waals surface area contributed by atoms with Crippen molar-refractivity contribution in [3.63, 3.8) is 0 Å². The fraction of sp³-hybridized carbons (Fsp3) is 0.389. The zero-order chi connectivity index (χ0) is 18.1. The van der Waals surface area contributed by atoms with Gasteiger partial charge in [0, 0.05) is 27.8 Å². The van der Waals surface area contributed by atoms with Crippen LogP contribution >= 0.6 is 27.3 Å². The van der Waals surface area contributed by atoms with Crippen LogP contribution in [-0.4, -0.2) is 33.3 Å². The molecule has 1 heterocycles. The number of methoxy groups -OCH3 is 2. The van der Waals surface area contributed by atoms with Gasteiger partial charge in [-0.05, 0) is 53.0 Å². The predicted molar refractivity (Wildman–Crippen MR) is 108 cm³/mol. The Bertz CT molecular complexity index is 703. The first-order valence-corrected chi connectivity index (χ1v) is 9.79. The summed E-state index contributed by atoms with van der Waals surface area (Å²) in [6.07, 6.45) is 0.870. The second-order valence-electron chi connectivity index (χ2n) is 5.29. The van der Waals surface area contributed by atoms with Crippen molar-refractivity contribution in [1.82, 2.24) is 10.6 Å². The van der Waals surface area contributed by atoms with Crippen LogP contribution < -0.4 is 20.1 Å². The van der Waals surface area contributed by atoms with Gasteiger partial charge >= 0.3 is 0 Å². The van der Waals surface area contributed by atoms with Gasteiger partial charge in [0.1, 0.15) is 0 Å². The molecular weight excluding hydrogens is 402 g/mol. The summed E-state index contributed by atoms with van der Waals surface area (Å²) in [5, 5.41) is 8.72. The predicted octanol–water partition coefficient (Wildman–Crippen LogP) is 3.83. The molecule has 1 aromatic heterocycles. The summed E-state index contributed by atoms with van der Waals surface area (Å²) in [5.41, 5.74) is 1.18. The van der Waals surface area contributed by atoms with E-state index in [1.165, 1.54) is 10.4 Å². The zero-order valence-corrected chi connectivity index (χ0v) is 17.2. The summed E-state index contributed by atoms with van der Waals surface area (Å²) >= 11 is 5.17. The second-order valence-corrected chi connectivity index (χ2v) is 7.20. The van der Waals surface area contributed by atoms with Gasteiger partial charge in [0.15, 0.2) is 17.5 Å². The summed E-state index contributed by atoms with van der Waals surface area (Å²) < 4.78 is 11.7. The standard InChI is InChI=1S/C18H24BrN3O2S/c1-4-20-18(22-11-15-10-14(19)12-25-15)21-8-7-13-5-6-16(23-2)17(9-13)24-3/h5-6,9-10,12H,4,7-8,11H2,1-3H3,(H2,20,21,22). The monoisotopic (exact) mass is 425 g/mol. The lowest BCUT2D eigenvalue weighted by molar-refractivity contribution is 0.354. The van der Waals surface area contributed by atoms with Gasteiger partial charge in [-0.1, -0.05) is 6.07 Å². The van der Waals surface area contributed by atoms with Crippen LogP contribution in [-0.2, 0) is 13.0 Å². The minimum Gasteiger partial charge on any atom is -0.493 e. The van der Waals surface area contributed by atoms with Crippen LogP contribution in [0.1, 0.15) is 17.4 Å². The third-order valence-corrected chi connectivity index (χ3v) is 5.20. The van der Waals surface area contributed by atoms with Crippen molar-refractivity contribution in [3.8, 4) is 11.5 Å². The first-order valence-electron chi connectivity index (χ1n) is 8.12. The number of hydrogen-bond donors (Lipinski definition) is 2. The van der Waals surface area contributed by atoms with Crippen LogP contribution in [0.5, 0.6) is 11.5 Å².